The zero-order valence-corrected chi connectivity index (χ0v) is 17.3. The average molecular weight is 475 g/mol. The van der Waals surface area contributed by atoms with Gasteiger partial charge < -0.3 is 0 Å². The number of nitrogens with one attached hydrogen (secondary N) is 1. The zero-order chi connectivity index (χ0) is 18.7. The molecule has 0 aliphatic heterocycles. The number of rotatable bonds is 6. The molecule has 9 heteroatoms. The highest BCUT2D eigenvalue weighted by Crippen LogP contribution is 2.32. The molecule has 0 radical (unpaired) electrons. The standard InChI is InChI=1S/C17H14BrCl2N3O2S/c18-13-8-15(19)17(16(20)9-13)26(24,25)22-7-6-12-10-21-23(11-12)14-4-2-1-3-5-14/h1-5,8-11,22H,6-7H2. The van der Waals surface area contributed by atoms with Gasteiger partial charge in [0.1, 0.15) is 4.90 Å². The van der Waals surface area contributed by atoms with Gasteiger partial charge in [0, 0.05) is 17.2 Å². The Balaban J connectivity index is 1.68. The van der Waals surface area contributed by atoms with Gasteiger partial charge >= 0.3 is 0 Å². The lowest BCUT2D eigenvalue weighted by Crippen LogP contribution is -2.26. The molecular weight excluding hydrogens is 461 g/mol. The minimum Gasteiger partial charge on any atom is -0.241 e. The van der Waals surface area contributed by atoms with Crippen LogP contribution >= 0.6 is 39.1 Å². The Bertz CT molecular complexity index is 1000. The van der Waals surface area contributed by atoms with Crippen LogP contribution in [0.3, 0.4) is 0 Å². The molecule has 0 aliphatic rings. The van der Waals surface area contributed by atoms with E-state index in [1.165, 1.54) is 12.1 Å². The van der Waals surface area contributed by atoms with Gasteiger partial charge in [-0.3, -0.25) is 0 Å². The van der Waals surface area contributed by atoms with Crippen LogP contribution < -0.4 is 4.72 Å². The van der Waals surface area contributed by atoms with E-state index in [2.05, 4.69) is 25.8 Å². The van der Waals surface area contributed by atoms with E-state index in [-0.39, 0.29) is 21.5 Å². The molecular formula is C17H14BrCl2N3O2S. The quantitative estimate of drug-likeness (QED) is 0.573. The fourth-order valence-electron chi connectivity index (χ4n) is 2.40. The Labute approximate surface area is 170 Å². The van der Waals surface area contributed by atoms with Crippen molar-refractivity contribution >= 4 is 49.2 Å². The molecule has 0 unspecified atom stereocenters. The molecule has 2 aromatic carbocycles. The number of hydrogen-bond acceptors (Lipinski definition) is 3. The lowest BCUT2D eigenvalue weighted by Gasteiger charge is -2.10. The minimum absolute atomic E-state index is 0.0637. The van der Waals surface area contributed by atoms with Crippen LogP contribution in [0.4, 0.5) is 0 Å². The number of para-hydroxylation sites is 1. The second kappa shape index (κ2) is 8.10. The molecule has 1 aromatic heterocycles. The maximum atomic E-state index is 12.5. The van der Waals surface area contributed by atoms with Crippen LogP contribution in [0.15, 0.2) is 64.2 Å². The molecule has 0 amide bonds. The van der Waals surface area contributed by atoms with E-state index in [0.29, 0.717) is 10.9 Å². The van der Waals surface area contributed by atoms with Crippen LogP contribution in [-0.4, -0.2) is 24.7 Å². The van der Waals surface area contributed by atoms with Gasteiger partial charge in [0.05, 0.1) is 21.9 Å². The largest absolute Gasteiger partial charge is 0.243 e. The maximum Gasteiger partial charge on any atom is 0.243 e. The lowest BCUT2D eigenvalue weighted by molar-refractivity contribution is 0.582. The molecule has 0 atom stereocenters. The van der Waals surface area contributed by atoms with Crippen LogP contribution in [0.5, 0.6) is 0 Å². The van der Waals surface area contributed by atoms with Crippen molar-refractivity contribution in [3.63, 3.8) is 0 Å². The summed E-state index contributed by atoms with van der Waals surface area (Å²) in [5.74, 6) is 0. The number of sulfonamides is 1. The Kier molecular flexibility index (Phi) is 6.04. The first-order chi connectivity index (χ1) is 12.4. The van der Waals surface area contributed by atoms with Crippen molar-refractivity contribution in [1.29, 1.82) is 0 Å². The molecule has 0 fully saturated rings. The first-order valence-corrected chi connectivity index (χ1v) is 10.6. The summed E-state index contributed by atoms with van der Waals surface area (Å²) in [7, 11) is -3.82. The zero-order valence-electron chi connectivity index (χ0n) is 13.4. The summed E-state index contributed by atoms with van der Waals surface area (Å²) in [6, 6.07) is 12.7. The third-order valence-electron chi connectivity index (χ3n) is 3.59. The summed E-state index contributed by atoms with van der Waals surface area (Å²) in [4.78, 5) is -0.121. The molecule has 0 spiro atoms. The number of nitrogens with zero attached hydrogens (tertiary/aromatic N) is 2. The van der Waals surface area contributed by atoms with E-state index < -0.39 is 10.0 Å². The second-order valence-electron chi connectivity index (χ2n) is 5.48. The van der Waals surface area contributed by atoms with Crippen molar-refractivity contribution in [1.82, 2.24) is 14.5 Å². The van der Waals surface area contributed by atoms with Crippen molar-refractivity contribution in [3.8, 4) is 5.69 Å². The van der Waals surface area contributed by atoms with E-state index in [0.717, 1.165) is 11.3 Å². The van der Waals surface area contributed by atoms with E-state index in [1.807, 2.05) is 36.5 Å². The average Bonchev–Trinajstić information content (AvgIpc) is 3.03. The Morgan fingerprint density at radius 2 is 1.77 bits per heavy atom. The van der Waals surface area contributed by atoms with Crippen LogP contribution in [0.2, 0.25) is 10.0 Å². The molecule has 26 heavy (non-hydrogen) atoms. The summed E-state index contributed by atoms with van der Waals surface area (Å²) in [6.07, 6.45) is 4.06. The summed E-state index contributed by atoms with van der Waals surface area (Å²) < 4.78 is 29.8. The molecule has 0 aliphatic carbocycles. The number of benzene rings is 2. The number of hydrogen-bond donors (Lipinski definition) is 1. The highest BCUT2D eigenvalue weighted by molar-refractivity contribution is 9.10. The monoisotopic (exact) mass is 473 g/mol. The van der Waals surface area contributed by atoms with E-state index in [9.17, 15) is 8.42 Å². The van der Waals surface area contributed by atoms with Crippen molar-refractivity contribution in [2.75, 3.05) is 6.54 Å². The van der Waals surface area contributed by atoms with Crippen LogP contribution in [-0.2, 0) is 16.4 Å². The molecule has 136 valence electrons. The van der Waals surface area contributed by atoms with Gasteiger partial charge in [0.2, 0.25) is 10.0 Å². The predicted octanol–water partition coefficient (Wildman–Crippen LogP) is 4.46. The molecule has 0 bridgehead atoms. The Morgan fingerprint density at radius 1 is 1.12 bits per heavy atom. The Hall–Kier alpha value is -1.38. The van der Waals surface area contributed by atoms with Gasteiger partial charge in [-0.1, -0.05) is 57.3 Å². The third-order valence-corrected chi connectivity index (χ3v) is 6.43. The SMILES string of the molecule is O=S(=O)(NCCc1cnn(-c2ccccc2)c1)c1c(Cl)cc(Br)cc1Cl. The molecule has 0 saturated carbocycles. The van der Waals surface area contributed by atoms with Gasteiger partial charge in [-0.2, -0.15) is 5.10 Å². The van der Waals surface area contributed by atoms with E-state index in [4.69, 9.17) is 23.2 Å². The smallest absolute Gasteiger partial charge is 0.241 e. The summed E-state index contributed by atoms with van der Waals surface area (Å²) in [5, 5.41) is 4.42. The second-order valence-corrected chi connectivity index (χ2v) is 8.91. The summed E-state index contributed by atoms with van der Waals surface area (Å²) >= 11 is 15.3. The number of halogens is 3. The minimum atomic E-state index is -3.82. The Morgan fingerprint density at radius 3 is 2.42 bits per heavy atom. The van der Waals surface area contributed by atoms with Gasteiger partial charge in [-0.25, -0.2) is 17.8 Å². The predicted molar refractivity (Wildman–Crippen MR) is 107 cm³/mol. The fourth-order valence-corrected chi connectivity index (χ4v) is 5.36. The molecule has 3 rings (SSSR count). The van der Waals surface area contributed by atoms with Crippen LogP contribution in [0.1, 0.15) is 5.56 Å². The van der Waals surface area contributed by atoms with Gasteiger partial charge in [0.25, 0.3) is 0 Å². The molecule has 1 heterocycles. The normalized spacial score (nSPS) is 11.7. The molecule has 0 saturated heterocycles. The van der Waals surface area contributed by atoms with Crippen LogP contribution in [0, 0.1) is 0 Å². The lowest BCUT2D eigenvalue weighted by atomic mass is 10.2. The fraction of sp³-hybridized carbons (Fsp3) is 0.118. The summed E-state index contributed by atoms with van der Waals surface area (Å²) in [6.45, 7) is 0.200. The highest BCUT2D eigenvalue weighted by Gasteiger charge is 2.22. The van der Waals surface area contributed by atoms with Crippen molar-refractivity contribution in [3.05, 3.63) is 74.9 Å². The molecule has 5 nitrogen and oxygen atoms in total. The molecule has 1 N–H and O–H groups in total. The topological polar surface area (TPSA) is 64.0 Å². The van der Waals surface area contributed by atoms with Crippen LogP contribution in [0.25, 0.3) is 5.69 Å². The van der Waals surface area contributed by atoms with Crippen molar-refractivity contribution in [2.24, 2.45) is 0 Å². The summed E-state index contributed by atoms with van der Waals surface area (Å²) in [5.41, 5.74) is 1.84. The third kappa shape index (κ3) is 4.47. The van der Waals surface area contributed by atoms with Gasteiger partial charge in [-0.15, -0.1) is 0 Å². The highest BCUT2D eigenvalue weighted by atomic mass is 79.9. The van der Waals surface area contributed by atoms with E-state index in [1.54, 1.807) is 10.9 Å². The van der Waals surface area contributed by atoms with Gasteiger partial charge in [0.15, 0.2) is 0 Å². The number of aromatic nitrogens is 2. The van der Waals surface area contributed by atoms with Crippen molar-refractivity contribution < 1.29 is 8.42 Å². The first-order valence-electron chi connectivity index (χ1n) is 7.60. The van der Waals surface area contributed by atoms with Crippen molar-refractivity contribution in [2.45, 2.75) is 11.3 Å². The van der Waals surface area contributed by atoms with Gasteiger partial charge in [-0.05, 0) is 36.2 Å². The molecule has 3 aromatic rings. The first kappa shape index (κ1) is 19.4. The van der Waals surface area contributed by atoms with E-state index >= 15 is 0 Å². The maximum absolute atomic E-state index is 12.5.